The lowest BCUT2D eigenvalue weighted by Crippen LogP contribution is -2.25. The van der Waals surface area contributed by atoms with E-state index in [4.69, 9.17) is 11.6 Å². The highest BCUT2D eigenvalue weighted by Crippen LogP contribution is 2.22. The van der Waals surface area contributed by atoms with E-state index < -0.39 is 5.82 Å². The van der Waals surface area contributed by atoms with Gasteiger partial charge < -0.3 is 4.90 Å². The Balaban J connectivity index is 1.66. The number of ketones is 1. The summed E-state index contributed by atoms with van der Waals surface area (Å²) in [5, 5.41) is 0.402. The SMILES string of the molecule is CCC(=O)N(C)Cc1ccc(-c2ccc(C(=O)CCc3cccnc3Cl)cn2)cc1F. The molecule has 0 aliphatic heterocycles. The highest BCUT2D eigenvalue weighted by atomic mass is 35.5. The number of halogens is 2. The lowest BCUT2D eigenvalue weighted by Gasteiger charge is -2.17. The average Bonchev–Trinajstić information content (AvgIpc) is 2.79. The maximum atomic E-state index is 14.5. The summed E-state index contributed by atoms with van der Waals surface area (Å²) >= 11 is 6.03. The first-order valence-electron chi connectivity index (χ1n) is 10.0. The van der Waals surface area contributed by atoms with E-state index in [-0.39, 0.29) is 18.2 Å². The van der Waals surface area contributed by atoms with E-state index in [0.717, 1.165) is 5.56 Å². The predicted octanol–water partition coefficient (Wildman–Crippen LogP) is 5.12. The number of Topliss-reactive ketones (excluding diaryl/α,β-unsaturated/α-hetero) is 1. The smallest absolute Gasteiger partial charge is 0.222 e. The third-order valence-electron chi connectivity index (χ3n) is 5.03. The summed E-state index contributed by atoms with van der Waals surface area (Å²) in [7, 11) is 1.65. The number of aryl methyl sites for hydroxylation is 1. The fourth-order valence-corrected chi connectivity index (χ4v) is 3.39. The number of rotatable bonds is 8. The Morgan fingerprint density at radius 2 is 1.90 bits per heavy atom. The predicted molar refractivity (Wildman–Crippen MR) is 118 cm³/mol. The van der Waals surface area contributed by atoms with Gasteiger partial charge in [-0.25, -0.2) is 9.37 Å². The highest BCUT2D eigenvalue weighted by molar-refractivity contribution is 6.30. The maximum absolute atomic E-state index is 14.5. The van der Waals surface area contributed by atoms with Gasteiger partial charge in [0.25, 0.3) is 0 Å². The van der Waals surface area contributed by atoms with Crippen molar-refractivity contribution < 1.29 is 14.0 Å². The van der Waals surface area contributed by atoms with Crippen LogP contribution in [0.15, 0.2) is 54.9 Å². The molecule has 0 unspecified atom stereocenters. The van der Waals surface area contributed by atoms with E-state index in [1.807, 2.05) is 6.07 Å². The van der Waals surface area contributed by atoms with Gasteiger partial charge in [-0.05, 0) is 36.2 Å². The van der Waals surface area contributed by atoms with Gasteiger partial charge >= 0.3 is 0 Å². The van der Waals surface area contributed by atoms with E-state index >= 15 is 0 Å². The molecular formula is C24H23ClFN3O2. The van der Waals surface area contributed by atoms with E-state index in [1.165, 1.54) is 17.2 Å². The van der Waals surface area contributed by atoms with Gasteiger partial charge in [0.15, 0.2) is 5.78 Å². The minimum Gasteiger partial charge on any atom is -0.341 e. The summed E-state index contributed by atoms with van der Waals surface area (Å²) in [6.07, 6.45) is 4.27. The first-order valence-corrected chi connectivity index (χ1v) is 10.4. The molecule has 1 aromatic carbocycles. The Morgan fingerprint density at radius 3 is 2.55 bits per heavy atom. The van der Waals surface area contributed by atoms with E-state index in [2.05, 4.69) is 9.97 Å². The van der Waals surface area contributed by atoms with Gasteiger partial charge in [-0.2, -0.15) is 0 Å². The van der Waals surface area contributed by atoms with Crippen molar-refractivity contribution in [3.05, 3.63) is 82.5 Å². The summed E-state index contributed by atoms with van der Waals surface area (Å²) in [6, 6.07) is 11.8. The van der Waals surface area contributed by atoms with Crippen molar-refractivity contribution in [3.8, 4) is 11.3 Å². The third-order valence-corrected chi connectivity index (χ3v) is 5.37. The lowest BCUT2D eigenvalue weighted by molar-refractivity contribution is -0.130. The van der Waals surface area contributed by atoms with Crippen LogP contribution in [0.4, 0.5) is 4.39 Å². The molecule has 3 rings (SSSR count). The van der Waals surface area contributed by atoms with Crippen LogP contribution in [-0.2, 0) is 17.8 Å². The number of hydrogen-bond donors (Lipinski definition) is 0. The van der Waals surface area contributed by atoms with E-state index in [9.17, 15) is 14.0 Å². The fraction of sp³-hybridized carbons (Fsp3) is 0.250. The number of nitrogens with zero attached hydrogens (tertiary/aromatic N) is 3. The molecule has 0 radical (unpaired) electrons. The van der Waals surface area contributed by atoms with Gasteiger partial charge in [-0.3, -0.25) is 14.6 Å². The van der Waals surface area contributed by atoms with Crippen LogP contribution in [0, 0.1) is 5.82 Å². The third kappa shape index (κ3) is 5.73. The standard InChI is InChI=1S/C24H23ClFN3O2/c1-3-23(31)29(2)15-19-7-6-17(13-20(19)26)21-10-8-18(14-28-21)22(30)11-9-16-5-4-12-27-24(16)25/h4-8,10,12-14H,3,9,11,15H2,1-2H3. The van der Waals surface area contributed by atoms with Crippen LogP contribution >= 0.6 is 11.6 Å². The van der Waals surface area contributed by atoms with Gasteiger partial charge in [0.05, 0.1) is 5.69 Å². The zero-order chi connectivity index (χ0) is 22.4. The fourth-order valence-electron chi connectivity index (χ4n) is 3.18. The van der Waals surface area contributed by atoms with Gasteiger partial charge in [0, 0.05) is 55.5 Å². The normalized spacial score (nSPS) is 10.7. The summed E-state index contributed by atoms with van der Waals surface area (Å²) in [5.74, 6) is -0.496. The second-order valence-corrected chi connectivity index (χ2v) is 7.58. The Bertz CT molecular complexity index is 1090. The van der Waals surface area contributed by atoms with Crippen LogP contribution in [0.1, 0.15) is 41.3 Å². The molecular weight excluding hydrogens is 417 g/mol. The maximum Gasteiger partial charge on any atom is 0.222 e. The van der Waals surface area contributed by atoms with Gasteiger partial charge in [-0.15, -0.1) is 0 Å². The Kier molecular flexibility index (Phi) is 7.47. The minimum absolute atomic E-state index is 0.0452. The van der Waals surface area contributed by atoms with Crippen molar-refractivity contribution in [2.75, 3.05) is 7.05 Å². The molecule has 0 aliphatic carbocycles. The molecule has 7 heteroatoms. The zero-order valence-corrected chi connectivity index (χ0v) is 18.2. The van der Waals surface area contributed by atoms with E-state index in [0.29, 0.717) is 46.8 Å². The van der Waals surface area contributed by atoms with Crippen molar-refractivity contribution in [2.45, 2.75) is 32.7 Å². The van der Waals surface area contributed by atoms with Gasteiger partial charge in [-0.1, -0.05) is 36.7 Å². The molecule has 0 spiro atoms. The molecule has 3 aromatic rings. The Morgan fingerprint density at radius 1 is 1.10 bits per heavy atom. The molecule has 0 N–H and O–H groups in total. The van der Waals surface area contributed by atoms with Crippen LogP contribution in [0.5, 0.6) is 0 Å². The second kappa shape index (κ2) is 10.3. The number of benzene rings is 1. The zero-order valence-electron chi connectivity index (χ0n) is 17.4. The number of pyridine rings is 2. The van der Waals surface area contributed by atoms with Crippen molar-refractivity contribution >= 4 is 23.3 Å². The molecule has 160 valence electrons. The Labute approximate surface area is 185 Å². The van der Waals surface area contributed by atoms with Gasteiger partial charge in [0.1, 0.15) is 11.0 Å². The summed E-state index contributed by atoms with van der Waals surface area (Å²) < 4.78 is 14.5. The Hall–Kier alpha value is -3.12. The molecule has 0 bridgehead atoms. The van der Waals surface area contributed by atoms with Crippen LogP contribution in [0.25, 0.3) is 11.3 Å². The van der Waals surface area contributed by atoms with Crippen LogP contribution in [-0.4, -0.2) is 33.6 Å². The van der Waals surface area contributed by atoms with Crippen molar-refractivity contribution in [3.63, 3.8) is 0 Å². The largest absolute Gasteiger partial charge is 0.341 e. The van der Waals surface area contributed by atoms with Crippen LogP contribution < -0.4 is 0 Å². The number of carbonyl (C=O) groups excluding carboxylic acids is 2. The molecule has 2 aromatic heterocycles. The van der Waals surface area contributed by atoms with Gasteiger partial charge in [0.2, 0.25) is 5.91 Å². The van der Waals surface area contributed by atoms with Crippen molar-refractivity contribution in [2.24, 2.45) is 0 Å². The molecule has 31 heavy (non-hydrogen) atoms. The van der Waals surface area contributed by atoms with Crippen LogP contribution in [0.2, 0.25) is 5.15 Å². The first-order chi connectivity index (χ1) is 14.9. The summed E-state index contributed by atoms with van der Waals surface area (Å²) in [4.78, 5) is 34.0. The molecule has 5 nitrogen and oxygen atoms in total. The lowest BCUT2D eigenvalue weighted by atomic mass is 10.0. The minimum atomic E-state index is -0.399. The molecule has 0 fully saturated rings. The first kappa shape index (κ1) is 22.6. The molecule has 1 amide bonds. The summed E-state index contributed by atoms with van der Waals surface area (Å²) in [5.41, 5.74) is 2.92. The molecule has 0 saturated heterocycles. The quantitative estimate of drug-likeness (QED) is 0.361. The number of amides is 1. The number of carbonyl (C=O) groups is 2. The topological polar surface area (TPSA) is 63.2 Å². The van der Waals surface area contributed by atoms with E-state index in [1.54, 1.807) is 50.5 Å². The number of aromatic nitrogens is 2. The molecule has 2 heterocycles. The molecule has 0 aliphatic rings. The van der Waals surface area contributed by atoms with Crippen molar-refractivity contribution in [1.82, 2.24) is 14.9 Å². The monoisotopic (exact) mass is 439 g/mol. The molecule has 0 saturated carbocycles. The van der Waals surface area contributed by atoms with Crippen LogP contribution in [0.3, 0.4) is 0 Å². The second-order valence-electron chi connectivity index (χ2n) is 7.22. The average molecular weight is 440 g/mol. The molecule has 0 atom stereocenters. The van der Waals surface area contributed by atoms with Crippen molar-refractivity contribution in [1.29, 1.82) is 0 Å². The number of hydrogen-bond acceptors (Lipinski definition) is 4. The highest BCUT2D eigenvalue weighted by Gasteiger charge is 2.13. The summed E-state index contributed by atoms with van der Waals surface area (Å²) in [6.45, 7) is 1.98.